The Balaban J connectivity index is 1.68. The summed E-state index contributed by atoms with van der Waals surface area (Å²) in [6, 6.07) is 8.64. The molecule has 0 aliphatic carbocycles. The largest absolute Gasteiger partial charge is 0.493 e. The average molecular weight is 415 g/mol. The standard InChI is InChI=1S/C18H14F5N3O3/c1-27-14-8-10(2-7-13(14)28-17(19)20)16-25-15(29-26-16)9-24-12-5-3-11(4-6-12)18(21,22)23/h2-8,17,24H,9H2,1H3. The van der Waals surface area contributed by atoms with E-state index in [1.165, 1.54) is 37.4 Å². The fraction of sp³-hybridized carbons (Fsp3) is 0.222. The van der Waals surface area contributed by atoms with Crippen LogP contribution in [0.4, 0.5) is 27.6 Å². The Kier molecular flexibility index (Phi) is 5.85. The summed E-state index contributed by atoms with van der Waals surface area (Å²) < 4.78 is 76.9. The van der Waals surface area contributed by atoms with Crippen molar-refractivity contribution in [3.63, 3.8) is 0 Å². The van der Waals surface area contributed by atoms with Crippen molar-refractivity contribution >= 4 is 5.69 Å². The van der Waals surface area contributed by atoms with Crippen molar-refractivity contribution in [1.82, 2.24) is 10.1 Å². The number of benzene rings is 2. The van der Waals surface area contributed by atoms with E-state index in [2.05, 4.69) is 20.2 Å². The number of rotatable bonds is 7. The maximum absolute atomic E-state index is 12.6. The molecular weight excluding hydrogens is 401 g/mol. The van der Waals surface area contributed by atoms with Gasteiger partial charge in [0.2, 0.25) is 11.7 Å². The van der Waals surface area contributed by atoms with Crippen LogP contribution >= 0.6 is 0 Å². The third-order valence-corrected chi connectivity index (χ3v) is 3.76. The SMILES string of the molecule is COc1cc(-c2noc(CNc3ccc(C(F)(F)F)cc3)n2)ccc1OC(F)F. The van der Waals surface area contributed by atoms with Crippen molar-refractivity contribution in [3.8, 4) is 22.9 Å². The third kappa shape index (κ3) is 5.12. The van der Waals surface area contributed by atoms with Crippen LogP contribution < -0.4 is 14.8 Å². The minimum absolute atomic E-state index is 0.0667. The Morgan fingerprint density at radius 3 is 2.41 bits per heavy atom. The molecule has 0 bridgehead atoms. The lowest BCUT2D eigenvalue weighted by molar-refractivity contribution is -0.137. The molecule has 0 spiro atoms. The predicted molar refractivity (Wildman–Crippen MR) is 91.7 cm³/mol. The van der Waals surface area contributed by atoms with Crippen molar-refractivity contribution in [2.45, 2.75) is 19.3 Å². The Morgan fingerprint density at radius 1 is 1.07 bits per heavy atom. The number of anilines is 1. The highest BCUT2D eigenvalue weighted by molar-refractivity contribution is 5.60. The number of ether oxygens (including phenoxy) is 2. The molecule has 1 N–H and O–H groups in total. The Bertz CT molecular complexity index is 958. The van der Waals surface area contributed by atoms with E-state index in [0.29, 0.717) is 11.3 Å². The van der Waals surface area contributed by atoms with Gasteiger partial charge in [-0.25, -0.2) is 0 Å². The van der Waals surface area contributed by atoms with E-state index in [1.54, 1.807) is 0 Å². The molecule has 3 aromatic rings. The van der Waals surface area contributed by atoms with Crippen molar-refractivity contribution < 1.29 is 35.9 Å². The molecule has 11 heteroatoms. The second-order valence-corrected chi connectivity index (χ2v) is 5.68. The lowest BCUT2D eigenvalue weighted by Crippen LogP contribution is -2.05. The fourth-order valence-electron chi connectivity index (χ4n) is 2.40. The number of nitrogens with zero attached hydrogens (tertiary/aromatic N) is 2. The Morgan fingerprint density at radius 2 is 1.79 bits per heavy atom. The first-order valence-electron chi connectivity index (χ1n) is 8.13. The highest BCUT2D eigenvalue weighted by Gasteiger charge is 2.29. The number of hydrogen-bond donors (Lipinski definition) is 1. The second kappa shape index (κ2) is 8.33. The smallest absolute Gasteiger partial charge is 0.416 e. The lowest BCUT2D eigenvalue weighted by Gasteiger charge is -2.10. The number of aromatic nitrogens is 2. The van der Waals surface area contributed by atoms with Gasteiger partial charge in [-0.05, 0) is 42.5 Å². The van der Waals surface area contributed by atoms with Gasteiger partial charge in [0, 0.05) is 11.3 Å². The van der Waals surface area contributed by atoms with Crippen molar-refractivity contribution in [3.05, 3.63) is 53.9 Å². The number of alkyl halides is 5. The molecule has 0 atom stereocenters. The zero-order chi connectivity index (χ0) is 21.0. The molecule has 1 heterocycles. The number of nitrogens with one attached hydrogen (secondary N) is 1. The van der Waals surface area contributed by atoms with Crippen molar-refractivity contribution in [2.24, 2.45) is 0 Å². The first-order valence-corrected chi connectivity index (χ1v) is 8.13. The van der Waals surface area contributed by atoms with E-state index < -0.39 is 18.4 Å². The normalized spacial score (nSPS) is 11.6. The van der Waals surface area contributed by atoms with E-state index in [0.717, 1.165) is 12.1 Å². The Hall–Kier alpha value is -3.37. The molecule has 0 saturated heterocycles. The first-order chi connectivity index (χ1) is 13.8. The Labute approximate surface area is 161 Å². The molecule has 154 valence electrons. The monoisotopic (exact) mass is 415 g/mol. The van der Waals surface area contributed by atoms with Crippen LogP contribution in [0.2, 0.25) is 0 Å². The van der Waals surface area contributed by atoms with Crippen LogP contribution in [0.1, 0.15) is 11.5 Å². The zero-order valence-corrected chi connectivity index (χ0v) is 14.8. The van der Waals surface area contributed by atoms with Crippen LogP contribution in [0.5, 0.6) is 11.5 Å². The van der Waals surface area contributed by atoms with E-state index >= 15 is 0 Å². The summed E-state index contributed by atoms with van der Waals surface area (Å²) in [4.78, 5) is 4.15. The molecule has 0 radical (unpaired) electrons. The topological polar surface area (TPSA) is 69.4 Å². The number of methoxy groups -OCH3 is 1. The highest BCUT2D eigenvalue weighted by atomic mass is 19.4. The molecule has 29 heavy (non-hydrogen) atoms. The predicted octanol–water partition coefficient (Wildman–Crippen LogP) is 4.98. The highest BCUT2D eigenvalue weighted by Crippen LogP contribution is 2.33. The molecule has 0 aliphatic heterocycles. The summed E-state index contributed by atoms with van der Waals surface area (Å²) in [7, 11) is 1.30. The van der Waals surface area contributed by atoms with Gasteiger partial charge >= 0.3 is 12.8 Å². The van der Waals surface area contributed by atoms with E-state index in [4.69, 9.17) is 9.26 Å². The van der Waals surface area contributed by atoms with Gasteiger partial charge in [0.15, 0.2) is 11.5 Å². The van der Waals surface area contributed by atoms with Gasteiger partial charge in [-0.3, -0.25) is 0 Å². The van der Waals surface area contributed by atoms with Gasteiger partial charge in [-0.2, -0.15) is 26.9 Å². The molecule has 1 aromatic heterocycles. The van der Waals surface area contributed by atoms with Crippen molar-refractivity contribution in [2.75, 3.05) is 12.4 Å². The van der Waals surface area contributed by atoms with E-state index in [1.807, 2.05) is 0 Å². The maximum atomic E-state index is 12.6. The van der Waals surface area contributed by atoms with Crippen LogP contribution in [-0.2, 0) is 12.7 Å². The molecule has 0 unspecified atom stereocenters. The van der Waals surface area contributed by atoms with Gasteiger partial charge in [0.1, 0.15) is 0 Å². The molecule has 0 fully saturated rings. The quantitative estimate of drug-likeness (QED) is 0.549. The summed E-state index contributed by atoms with van der Waals surface area (Å²) in [5, 5.41) is 6.66. The second-order valence-electron chi connectivity index (χ2n) is 5.68. The molecule has 6 nitrogen and oxygen atoms in total. The summed E-state index contributed by atoms with van der Waals surface area (Å²) in [5.41, 5.74) is 0.122. The van der Waals surface area contributed by atoms with Crippen molar-refractivity contribution in [1.29, 1.82) is 0 Å². The van der Waals surface area contributed by atoms with Gasteiger partial charge in [-0.15, -0.1) is 0 Å². The minimum atomic E-state index is -4.41. The molecular formula is C18H14F5N3O3. The average Bonchev–Trinajstić information content (AvgIpc) is 3.15. The number of hydrogen-bond acceptors (Lipinski definition) is 6. The van der Waals surface area contributed by atoms with E-state index in [-0.39, 0.29) is 29.8 Å². The third-order valence-electron chi connectivity index (χ3n) is 3.76. The summed E-state index contributed by atoms with van der Waals surface area (Å²) in [5.74, 6) is 0.277. The summed E-state index contributed by atoms with van der Waals surface area (Å²) in [6.07, 6.45) is -4.41. The zero-order valence-electron chi connectivity index (χ0n) is 14.8. The van der Waals surface area contributed by atoms with E-state index in [9.17, 15) is 22.0 Å². The minimum Gasteiger partial charge on any atom is -0.493 e. The number of halogens is 5. The van der Waals surface area contributed by atoms with Crippen LogP contribution in [0, 0.1) is 0 Å². The molecule has 3 rings (SSSR count). The van der Waals surface area contributed by atoms with Crippen LogP contribution in [-0.4, -0.2) is 23.9 Å². The first kappa shape index (κ1) is 20.4. The summed E-state index contributed by atoms with van der Waals surface area (Å²) >= 11 is 0. The fourth-order valence-corrected chi connectivity index (χ4v) is 2.40. The van der Waals surface area contributed by atoms with Crippen LogP contribution in [0.25, 0.3) is 11.4 Å². The van der Waals surface area contributed by atoms with Gasteiger partial charge in [0.25, 0.3) is 0 Å². The maximum Gasteiger partial charge on any atom is 0.416 e. The molecule has 0 saturated carbocycles. The van der Waals surface area contributed by atoms with Gasteiger partial charge < -0.3 is 19.3 Å². The van der Waals surface area contributed by atoms with Gasteiger partial charge in [-0.1, -0.05) is 5.16 Å². The molecule has 0 aliphatic rings. The summed E-state index contributed by atoms with van der Waals surface area (Å²) in [6.45, 7) is -2.93. The molecule has 2 aromatic carbocycles. The van der Waals surface area contributed by atoms with Crippen LogP contribution in [0.15, 0.2) is 47.0 Å². The van der Waals surface area contributed by atoms with Gasteiger partial charge in [0.05, 0.1) is 19.2 Å². The van der Waals surface area contributed by atoms with Crippen LogP contribution in [0.3, 0.4) is 0 Å². The lowest BCUT2D eigenvalue weighted by atomic mass is 10.2. The molecule has 0 amide bonds.